The van der Waals surface area contributed by atoms with Gasteiger partial charge in [-0.05, 0) is 0 Å². The first-order chi connectivity index (χ1) is 46.0. The Bertz CT molecular complexity index is 1720. The van der Waals surface area contributed by atoms with Crippen molar-refractivity contribution in [1.29, 1.82) is 0 Å². The molecule has 0 rings (SSSR count). The van der Waals surface area contributed by atoms with E-state index in [1.807, 2.05) is 0 Å². The van der Waals surface area contributed by atoms with Crippen molar-refractivity contribution in [3.05, 3.63) is 0 Å². The largest absolute Gasteiger partial charge is 0.146 e. The Morgan fingerprint density at radius 3 is 0.287 bits per heavy atom. The number of hydrogen-bond donors (Lipinski definition) is 0. The zero-order valence-electron chi connectivity index (χ0n) is 58.3. The van der Waals surface area contributed by atoms with Gasteiger partial charge in [-0.3, -0.25) is 0 Å². The molecule has 100 heteroatoms. The van der Waals surface area contributed by atoms with Crippen LogP contribution < -0.4 is 0 Å². The molecule has 0 heterocycles. The third kappa shape index (κ3) is 28.9. The predicted octanol–water partition coefficient (Wildman–Crippen LogP) is -37.7. The summed E-state index contributed by atoms with van der Waals surface area (Å²) in [5, 5.41) is 0. The highest BCUT2D eigenvalue weighted by molar-refractivity contribution is 8.34. The topological polar surface area (TPSA) is 0 Å². The Kier molecular flexibility index (Phi) is 52.8. The normalized spacial score (nSPS) is 9.91. The van der Waals surface area contributed by atoms with Crippen LogP contribution in [0.5, 0.6) is 0 Å². The van der Waals surface area contributed by atoms with Crippen molar-refractivity contribution >= 4 is 708 Å². The number of rotatable bonds is 49. The van der Waals surface area contributed by atoms with Gasteiger partial charge < -0.3 is 0 Å². The van der Waals surface area contributed by atoms with Gasteiger partial charge in [0.25, 0.3) is 0 Å². The molecule has 0 spiro atoms. The Labute approximate surface area is 706 Å². The molecule has 0 aromatic carbocycles. The summed E-state index contributed by atoms with van der Waals surface area (Å²) in [6.45, 7) is -6.64. The Balaban J connectivity index is 14.8. The molecule has 0 aliphatic heterocycles. The van der Waals surface area contributed by atoms with Crippen LogP contribution in [0.3, 0.4) is 0 Å². The van der Waals surface area contributed by atoms with Crippen molar-refractivity contribution in [3.63, 3.8) is 0 Å². The second-order valence-electron chi connectivity index (χ2n) is 28.5. The summed E-state index contributed by atoms with van der Waals surface area (Å²) in [6.07, 6.45) is -84.1. The molecule has 0 aliphatic rings. The predicted molar refractivity (Wildman–Crippen MR) is 579 cm³/mol. The fraction of sp³-hybridized carbons (Fsp3) is 1.00. The van der Waals surface area contributed by atoms with Crippen LogP contribution in [0, 0.1) is 0 Å². The molecule has 0 unspecified atom stereocenters. The molecule has 0 nitrogen and oxygen atoms in total. The first-order valence-corrected chi connectivity index (χ1v) is 33.3. The summed E-state index contributed by atoms with van der Waals surface area (Å²) in [7, 11) is 364. The summed E-state index contributed by atoms with van der Waals surface area (Å²) in [4.78, 5) is 0. The quantitative estimate of drug-likeness (QED) is 0.0533. The maximum absolute atomic E-state index is 7.25. The van der Waals surface area contributed by atoms with Gasteiger partial charge in [-0.1, -0.05) is 0 Å². The van der Waals surface area contributed by atoms with Crippen LogP contribution in [0.4, 0.5) is 0 Å². The van der Waals surface area contributed by atoms with Crippen molar-refractivity contribution < 1.29 is 0 Å². The molecule has 0 amide bonds. The molecular weight excluding hydrogens is 1090 g/mol. The van der Waals surface area contributed by atoms with Gasteiger partial charge in [0.2, 0.25) is 0 Å². The van der Waals surface area contributed by atoms with E-state index in [0.29, 0.717) is 0 Å². The molecule has 0 aromatic rings. The molecule has 305 valence electrons. The zero-order valence-corrected chi connectivity index (χ0v) is 58.3. The lowest BCUT2D eigenvalue weighted by molar-refractivity contribution is 1.80. The molecule has 0 saturated heterocycles. The Morgan fingerprint density at radius 1 is 0.119 bits per heavy atom. The lowest BCUT2D eigenvalue weighted by atomic mass is 8.26. The minimum absolute atomic E-state index is 1.03. The highest BCUT2D eigenvalue weighted by Crippen LogP contribution is 2.38. The van der Waals surface area contributed by atoms with Crippen LogP contribution >= 0.6 is 0 Å². The monoisotopic (exact) mass is 1110 g/mol. The fourth-order valence-corrected chi connectivity index (χ4v) is 18.2. The van der Waals surface area contributed by atoms with Crippen molar-refractivity contribution in [1.82, 2.24) is 0 Å². The van der Waals surface area contributed by atoms with Gasteiger partial charge in [0.1, 0.15) is 0 Å². The van der Waals surface area contributed by atoms with E-state index in [4.69, 9.17) is 395 Å². The van der Waals surface area contributed by atoms with Gasteiger partial charge in [-0.2, -0.15) is 0 Å². The lowest BCUT2D eigenvalue weighted by Gasteiger charge is -2.64. The SMILES string of the molecule is [B][B]B(B([B])[B])B(B(B([B])[B])B([B])[B])B(B(B([B])[B])B([B])[B])B(B(B(B([B])[B])B([B])[B])B(B([B])[B])B([B])[B])C(B(B(B(B([B])[B])B([B])[B])B(B([B])[B])B([B])[B])B(B(B([B])[B])B([B])[B])B(B([B])[B])B([B])[B])B(B(B(B([B])[B])B([B])[B])B(B([B])[B])B([B])[B])B(B(B([B])[B])B([B])[B])B(B([B])[B])B([B])[B]. The van der Waals surface area contributed by atoms with Gasteiger partial charge in [-0.15, -0.1) is 5.62 Å². The maximum Gasteiger partial charge on any atom is 0.0294 e. The van der Waals surface area contributed by atoms with Crippen LogP contribution in [-0.2, 0) is 0 Å². The Hall–Kier alpha value is 6.49. The smallest absolute Gasteiger partial charge is 0.0294 e. The van der Waals surface area contributed by atoms with Crippen molar-refractivity contribution in [2.24, 2.45) is 0 Å². The molecular formula is CHB100. The van der Waals surface area contributed by atoms with Crippen LogP contribution in [0.15, 0.2) is 0 Å². The number of hydrogen-bond acceptors (Lipinski definition) is 0. The molecule has 101 heavy (non-hydrogen) atoms. The van der Waals surface area contributed by atoms with Crippen molar-refractivity contribution in [2.75, 3.05) is 0 Å². The highest BCUT2D eigenvalue weighted by atomic mass is 13.7. The summed E-state index contributed by atoms with van der Waals surface area (Å²) in [5.74, 6) is 0. The first kappa shape index (κ1) is 107. The lowest BCUT2D eigenvalue weighted by Crippen LogP contribution is -2.97. The fourth-order valence-electron chi connectivity index (χ4n) is 18.2. The van der Waals surface area contributed by atoms with E-state index in [1.165, 1.54) is 0 Å². The van der Waals surface area contributed by atoms with Gasteiger partial charge >= 0.3 is 0 Å². The molecule has 0 aliphatic carbocycles. The zero-order chi connectivity index (χ0) is 80.0. The van der Waals surface area contributed by atoms with Gasteiger partial charge in [0.05, 0.1) is 0 Å². The van der Waals surface area contributed by atoms with Gasteiger partial charge in [0, 0.05) is 708 Å². The standard InChI is InChI=1S/CHB100/c2-53-82(57(3)4)101(100(80(49)50)81(51)52)88(99(78(45)46)79(47)48)56(87(97(74(37)38)75(39)40)98(76(41)42)77(43)44)1(54(83(89(58(5)6)59(7)8)90(60(9)10)61(11)12)84(91(62(13)14)63(15)16)92(64(17)18)65(19)20)55(85(93(66(21)22)67(23)24)94(68(25)26)69(27)28)86(95(70(29)30)71(31)32)96(72(33)34)73(35)36/h1H. The van der Waals surface area contributed by atoms with E-state index < -0.39 is 312 Å². The third-order valence-electron chi connectivity index (χ3n) is 21.6. The third-order valence-corrected chi connectivity index (χ3v) is 21.6. The van der Waals surface area contributed by atoms with E-state index in [0.717, 1.165) is 7.06 Å². The maximum atomic E-state index is 7.25. The van der Waals surface area contributed by atoms with Crippen molar-refractivity contribution in [2.45, 2.75) is 5.62 Å². The molecule has 0 saturated carbocycles. The highest BCUT2D eigenvalue weighted by Gasteiger charge is 2.68. The van der Waals surface area contributed by atoms with E-state index in [-0.39, 0.29) is 0 Å². The summed E-state index contributed by atoms with van der Waals surface area (Å²) in [5.41, 5.74) is -2.33. The van der Waals surface area contributed by atoms with Gasteiger partial charge in [-0.25, -0.2) is 0 Å². The summed E-state index contributed by atoms with van der Waals surface area (Å²) >= 11 is 0. The minimum Gasteiger partial charge on any atom is -0.146 e. The van der Waals surface area contributed by atoms with Gasteiger partial charge in [0.15, 0.2) is 0 Å². The molecule has 0 fully saturated rings. The van der Waals surface area contributed by atoms with Crippen LogP contribution in [-0.4, -0.2) is 708 Å². The van der Waals surface area contributed by atoms with E-state index in [9.17, 15) is 0 Å². The molecule has 103 radical (unpaired) electrons. The average molecular weight is 1090 g/mol. The summed E-state index contributed by atoms with van der Waals surface area (Å²) < 4.78 is 0. The first-order valence-electron chi connectivity index (χ1n) is 33.3. The van der Waals surface area contributed by atoms with Crippen LogP contribution in [0.25, 0.3) is 0 Å². The van der Waals surface area contributed by atoms with E-state index >= 15 is 0 Å². The molecule has 0 bridgehead atoms. The van der Waals surface area contributed by atoms with E-state index in [1.54, 1.807) is 0 Å². The summed E-state index contributed by atoms with van der Waals surface area (Å²) in [6, 6.07) is 0. The van der Waals surface area contributed by atoms with Crippen LogP contribution in [0.1, 0.15) is 0 Å². The van der Waals surface area contributed by atoms with Crippen molar-refractivity contribution in [3.8, 4) is 0 Å². The van der Waals surface area contributed by atoms with Crippen LogP contribution in [0.2, 0.25) is 5.62 Å². The molecule has 0 atom stereocenters. The minimum atomic E-state index is -2.33. The van der Waals surface area contributed by atoms with E-state index in [2.05, 4.69) is 0 Å². The molecule has 0 N–H and O–H groups in total. The molecule has 0 aromatic heterocycles. The second kappa shape index (κ2) is 49.7. The Morgan fingerprint density at radius 2 is 0.208 bits per heavy atom. The second-order valence-corrected chi connectivity index (χ2v) is 28.5. The average Bonchev–Trinajstić information content (AvgIpc) is 0.709.